The molecule has 1 rings (SSSR count). The van der Waals surface area contributed by atoms with Crippen molar-refractivity contribution in [1.29, 1.82) is 0 Å². The molecule has 0 aliphatic carbocycles. The number of nitrogens with zero attached hydrogens (tertiary/aromatic N) is 2. The minimum Gasteiger partial charge on any atom is -0.426 e. The van der Waals surface area contributed by atoms with E-state index in [4.69, 9.17) is 0 Å². The molecule has 1 aromatic rings. The van der Waals surface area contributed by atoms with Gasteiger partial charge in [-0.25, -0.2) is 4.79 Å². The maximum absolute atomic E-state index is 10.7. The van der Waals surface area contributed by atoms with Crippen molar-refractivity contribution in [3.05, 3.63) is 43.0 Å². The third-order valence-electron chi connectivity index (χ3n) is 1.22. The van der Waals surface area contributed by atoms with Gasteiger partial charge in [-0.15, -0.1) is 0 Å². The molecule has 0 aliphatic rings. The molecule has 1 heterocycles. The molecule has 0 saturated heterocycles. The molecule has 8 heteroatoms. The van der Waals surface area contributed by atoms with E-state index in [9.17, 15) is 25.0 Å². The zero-order valence-corrected chi connectivity index (χ0v) is 6.00. The predicted molar refractivity (Wildman–Crippen MR) is 38.3 cm³/mol. The lowest BCUT2D eigenvalue weighted by molar-refractivity contribution is -0.424. The van der Waals surface area contributed by atoms with Crippen molar-refractivity contribution < 1.29 is 14.3 Å². The second kappa shape index (κ2) is 3.01. The van der Waals surface area contributed by atoms with Gasteiger partial charge < -0.3 is 4.42 Å². The number of hydrogen-bond acceptors (Lipinski definition) is 6. The molecule has 68 valence electrons. The lowest BCUT2D eigenvalue weighted by atomic mass is 10.4. The molecule has 0 N–H and O–H groups in total. The van der Waals surface area contributed by atoms with Gasteiger partial charge in [-0.05, 0) is 0 Å². The summed E-state index contributed by atoms with van der Waals surface area (Å²) in [7, 11) is 0. The average Bonchev–Trinajstić information content (AvgIpc) is 2.02. The van der Waals surface area contributed by atoms with E-state index in [0.29, 0.717) is 0 Å². The fourth-order valence-electron chi connectivity index (χ4n) is 0.715. The van der Waals surface area contributed by atoms with E-state index in [1.54, 1.807) is 0 Å². The molecule has 0 bridgehead atoms. The lowest BCUT2D eigenvalue weighted by Gasteiger charge is -1.90. The van der Waals surface area contributed by atoms with Crippen LogP contribution in [0.15, 0.2) is 21.5 Å². The monoisotopic (exact) mass is 186 g/mol. The standard InChI is InChI=1S/C5H2N2O6/c8-5-4(7(11)12)3(6(9)10)1-2-13-5/h1-2H. The van der Waals surface area contributed by atoms with E-state index in [-0.39, 0.29) is 0 Å². The molecule has 0 radical (unpaired) electrons. The molecule has 0 saturated carbocycles. The van der Waals surface area contributed by atoms with Crippen LogP contribution in [0.1, 0.15) is 0 Å². The summed E-state index contributed by atoms with van der Waals surface area (Å²) in [5.74, 6) is 0. The molecule has 0 unspecified atom stereocenters. The van der Waals surface area contributed by atoms with Gasteiger partial charge in [0.25, 0.3) is 0 Å². The van der Waals surface area contributed by atoms with Crippen LogP contribution < -0.4 is 5.63 Å². The summed E-state index contributed by atoms with van der Waals surface area (Å²) in [5.41, 5.74) is -3.37. The Bertz CT molecular complexity index is 421. The molecule has 0 atom stereocenters. The average molecular weight is 186 g/mol. The van der Waals surface area contributed by atoms with Gasteiger partial charge in [0.2, 0.25) is 0 Å². The second-order valence-corrected chi connectivity index (χ2v) is 1.96. The van der Waals surface area contributed by atoms with Gasteiger partial charge in [0.1, 0.15) is 6.26 Å². The fourth-order valence-corrected chi connectivity index (χ4v) is 0.715. The molecular formula is C5H2N2O6. The van der Waals surface area contributed by atoms with Crippen molar-refractivity contribution in [3.8, 4) is 0 Å². The van der Waals surface area contributed by atoms with Crippen molar-refractivity contribution in [2.24, 2.45) is 0 Å². The van der Waals surface area contributed by atoms with Crippen LogP contribution in [-0.4, -0.2) is 9.85 Å². The summed E-state index contributed by atoms with van der Waals surface area (Å²) in [4.78, 5) is 28.9. The Hall–Kier alpha value is -2.25. The highest BCUT2D eigenvalue weighted by Crippen LogP contribution is 2.20. The van der Waals surface area contributed by atoms with E-state index >= 15 is 0 Å². The molecule has 0 spiro atoms. The van der Waals surface area contributed by atoms with Gasteiger partial charge in [0, 0.05) is 0 Å². The smallest absolute Gasteiger partial charge is 0.426 e. The van der Waals surface area contributed by atoms with Crippen LogP contribution in [0.2, 0.25) is 0 Å². The highest BCUT2D eigenvalue weighted by atomic mass is 16.6. The summed E-state index contributed by atoms with van der Waals surface area (Å²) >= 11 is 0. The minimum absolute atomic E-state index is 0.730. The fraction of sp³-hybridized carbons (Fsp3) is 0. The van der Waals surface area contributed by atoms with Crippen LogP contribution in [-0.2, 0) is 0 Å². The number of nitro groups is 2. The van der Waals surface area contributed by atoms with Gasteiger partial charge in [-0.2, -0.15) is 0 Å². The summed E-state index contributed by atoms with van der Waals surface area (Å²) in [6.45, 7) is 0. The second-order valence-electron chi connectivity index (χ2n) is 1.96. The first kappa shape index (κ1) is 8.84. The van der Waals surface area contributed by atoms with E-state index in [1.165, 1.54) is 0 Å². The van der Waals surface area contributed by atoms with Crippen LogP contribution in [0.4, 0.5) is 11.4 Å². The van der Waals surface area contributed by atoms with E-state index in [1.807, 2.05) is 0 Å². The summed E-state index contributed by atoms with van der Waals surface area (Å²) in [6.07, 6.45) is 0.730. The third-order valence-corrected chi connectivity index (χ3v) is 1.22. The molecule has 13 heavy (non-hydrogen) atoms. The Labute approximate surface area is 69.7 Å². The Morgan fingerprint density at radius 3 is 2.23 bits per heavy atom. The van der Waals surface area contributed by atoms with E-state index in [2.05, 4.69) is 4.42 Å². The quantitative estimate of drug-likeness (QED) is 0.489. The minimum atomic E-state index is -1.33. The summed E-state index contributed by atoms with van der Waals surface area (Å²) in [6, 6.07) is 0.750. The Morgan fingerprint density at radius 2 is 1.85 bits per heavy atom. The molecule has 0 fully saturated rings. The van der Waals surface area contributed by atoms with Gasteiger partial charge in [0.15, 0.2) is 0 Å². The van der Waals surface area contributed by atoms with Gasteiger partial charge in [-0.3, -0.25) is 20.2 Å². The molecule has 8 nitrogen and oxygen atoms in total. The van der Waals surface area contributed by atoms with Crippen molar-refractivity contribution >= 4 is 11.4 Å². The Morgan fingerprint density at radius 1 is 1.23 bits per heavy atom. The van der Waals surface area contributed by atoms with E-state index < -0.39 is 26.8 Å². The summed E-state index contributed by atoms with van der Waals surface area (Å²) < 4.78 is 4.11. The number of rotatable bonds is 2. The zero-order chi connectivity index (χ0) is 10.0. The highest BCUT2D eigenvalue weighted by Gasteiger charge is 2.29. The SMILES string of the molecule is O=c1occc([N+](=O)[O-])c1[N+](=O)[O-]. The van der Waals surface area contributed by atoms with Crippen LogP contribution in [0.5, 0.6) is 0 Å². The Kier molecular flexibility index (Phi) is 2.05. The van der Waals surface area contributed by atoms with Crippen molar-refractivity contribution in [1.82, 2.24) is 0 Å². The maximum Gasteiger partial charge on any atom is 0.430 e. The predicted octanol–water partition coefficient (Wildman–Crippen LogP) is 0.456. The molecule has 1 aromatic heterocycles. The van der Waals surface area contributed by atoms with Gasteiger partial charge in [-0.1, -0.05) is 0 Å². The first-order valence-corrected chi connectivity index (χ1v) is 2.94. The largest absolute Gasteiger partial charge is 0.430 e. The molecular weight excluding hydrogens is 184 g/mol. The van der Waals surface area contributed by atoms with Crippen LogP contribution in [0.25, 0.3) is 0 Å². The van der Waals surface area contributed by atoms with Crippen LogP contribution in [0, 0.1) is 20.2 Å². The van der Waals surface area contributed by atoms with E-state index in [0.717, 1.165) is 12.3 Å². The maximum atomic E-state index is 10.7. The molecule has 0 amide bonds. The van der Waals surface area contributed by atoms with Gasteiger partial charge >= 0.3 is 17.0 Å². The zero-order valence-electron chi connectivity index (χ0n) is 6.00. The van der Waals surface area contributed by atoms with Crippen LogP contribution >= 0.6 is 0 Å². The molecule has 0 aromatic carbocycles. The lowest BCUT2D eigenvalue weighted by Crippen LogP contribution is -2.09. The molecule has 0 aliphatic heterocycles. The normalized spacial score (nSPS) is 9.54. The van der Waals surface area contributed by atoms with Gasteiger partial charge in [0.05, 0.1) is 15.9 Å². The van der Waals surface area contributed by atoms with Crippen molar-refractivity contribution in [2.75, 3.05) is 0 Å². The highest BCUT2D eigenvalue weighted by molar-refractivity contribution is 5.48. The third kappa shape index (κ3) is 1.50. The number of hydrogen-bond donors (Lipinski definition) is 0. The first-order chi connectivity index (χ1) is 6.04. The Balaban J connectivity index is 3.52. The summed E-state index contributed by atoms with van der Waals surface area (Å²) in [5, 5.41) is 20.4. The van der Waals surface area contributed by atoms with Crippen molar-refractivity contribution in [3.63, 3.8) is 0 Å². The van der Waals surface area contributed by atoms with Crippen molar-refractivity contribution in [2.45, 2.75) is 0 Å². The first-order valence-electron chi connectivity index (χ1n) is 2.94. The van der Waals surface area contributed by atoms with Crippen LogP contribution in [0.3, 0.4) is 0 Å². The topological polar surface area (TPSA) is 116 Å².